The first kappa shape index (κ1) is 15.1. The van der Waals surface area contributed by atoms with Gasteiger partial charge in [-0.15, -0.1) is 0 Å². The van der Waals surface area contributed by atoms with Gasteiger partial charge >= 0.3 is 6.09 Å². The van der Waals surface area contributed by atoms with E-state index >= 15 is 0 Å². The Bertz CT molecular complexity index is 807. The van der Waals surface area contributed by atoms with Crippen molar-refractivity contribution < 1.29 is 14.6 Å². The first-order valence-electron chi connectivity index (χ1n) is 7.36. The highest BCUT2D eigenvalue weighted by molar-refractivity contribution is 6.00. The molecule has 2 N–H and O–H groups in total. The number of fused-ring (bicyclic) bond motifs is 1. The molecule has 0 saturated carbocycles. The summed E-state index contributed by atoms with van der Waals surface area (Å²) in [4.78, 5) is 12.0. The van der Waals surface area contributed by atoms with Crippen LogP contribution in [0.1, 0.15) is 11.1 Å². The lowest BCUT2D eigenvalue weighted by molar-refractivity contribution is 0.155. The van der Waals surface area contributed by atoms with Gasteiger partial charge in [-0.25, -0.2) is 4.79 Å². The first-order valence-corrected chi connectivity index (χ1v) is 7.36. The van der Waals surface area contributed by atoms with Crippen molar-refractivity contribution in [1.29, 1.82) is 0 Å². The van der Waals surface area contributed by atoms with Crippen LogP contribution < -0.4 is 5.32 Å². The molecule has 0 aromatic heterocycles. The topological polar surface area (TPSA) is 58.6 Å². The lowest BCUT2D eigenvalue weighted by atomic mass is 10.1. The second-order valence-electron chi connectivity index (χ2n) is 5.20. The summed E-state index contributed by atoms with van der Waals surface area (Å²) in [6.07, 6.45) is -0.493. The van der Waals surface area contributed by atoms with Gasteiger partial charge in [-0.3, -0.25) is 5.32 Å². The highest BCUT2D eigenvalue weighted by atomic mass is 16.5. The Balaban J connectivity index is 1.64. The summed E-state index contributed by atoms with van der Waals surface area (Å²) < 4.78 is 5.24. The van der Waals surface area contributed by atoms with Crippen LogP contribution in [0.15, 0.2) is 66.7 Å². The van der Waals surface area contributed by atoms with Crippen LogP contribution >= 0.6 is 0 Å². The molecule has 0 unspecified atom stereocenters. The van der Waals surface area contributed by atoms with Crippen LogP contribution in [0.2, 0.25) is 0 Å². The van der Waals surface area contributed by atoms with E-state index in [0.717, 1.165) is 27.6 Å². The minimum atomic E-state index is -0.493. The lowest BCUT2D eigenvalue weighted by Crippen LogP contribution is -2.13. The molecular formula is C19H17NO3. The SMILES string of the molecule is O=C(Nc1cccc2ccccc12)OCc1ccc(CO)cc1. The molecule has 0 bridgehead atoms. The zero-order valence-electron chi connectivity index (χ0n) is 12.5. The maximum Gasteiger partial charge on any atom is 0.411 e. The molecule has 0 heterocycles. The molecule has 23 heavy (non-hydrogen) atoms. The van der Waals surface area contributed by atoms with E-state index in [1.807, 2.05) is 54.6 Å². The fourth-order valence-electron chi connectivity index (χ4n) is 2.37. The fraction of sp³-hybridized carbons (Fsp3) is 0.105. The molecule has 3 aromatic carbocycles. The number of carbonyl (C=O) groups is 1. The number of ether oxygens (including phenoxy) is 1. The molecule has 0 aliphatic rings. The second-order valence-corrected chi connectivity index (χ2v) is 5.20. The first-order chi connectivity index (χ1) is 11.3. The van der Waals surface area contributed by atoms with E-state index in [2.05, 4.69) is 5.32 Å². The molecule has 0 radical (unpaired) electrons. The average molecular weight is 307 g/mol. The molecule has 3 rings (SSSR count). The standard InChI is InChI=1S/C19H17NO3/c21-12-14-8-10-15(11-9-14)13-23-19(22)20-18-7-3-5-16-4-1-2-6-17(16)18/h1-11,21H,12-13H2,(H,20,22). The highest BCUT2D eigenvalue weighted by Gasteiger charge is 2.06. The number of aliphatic hydroxyl groups excluding tert-OH is 1. The van der Waals surface area contributed by atoms with Gasteiger partial charge in [-0.1, -0.05) is 60.7 Å². The Labute approximate surface area is 134 Å². The Hall–Kier alpha value is -2.85. The van der Waals surface area contributed by atoms with Crippen LogP contribution in [0, 0.1) is 0 Å². The molecule has 0 saturated heterocycles. The largest absolute Gasteiger partial charge is 0.444 e. The van der Waals surface area contributed by atoms with Crippen molar-refractivity contribution in [1.82, 2.24) is 0 Å². The van der Waals surface area contributed by atoms with Gasteiger partial charge in [0.1, 0.15) is 6.61 Å². The smallest absolute Gasteiger partial charge is 0.411 e. The van der Waals surface area contributed by atoms with Gasteiger partial charge in [0.25, 0.3) is 0 Å². The van der Waals surface area contributed by atoms with Gasteiger partial charge in [0, 0.05) is 5.39 Å². The van der Waals surface area contributed by atoms with Crippen molar-refractivity contribution in [3.05, 3.63) is 77.9 Å². The monoisotopic (exact) mass is 307 g/mol. The van der Waals surface area contributed by atoms with Gasteiger partial charge in [0.05, 0.1) is 12.3 Å². The van der Waals surface area contributed by atoms with E-state index in [-0.39, 0.29) is 13.2 Å². The molecule has 0 spiro atoms. The van der Waals surface area contributed by atoms with Crippen molar-refractivity contribution in [2.45, 2.75) is 13.2 Å². The molecule has 0 atom stereocenters. The molecule has 0 aliphatic carbocycles. The van der Waals surface area contributed by atoms with Crippen molar-refractivity contribution >= 4 is 22.6 Å². The Morgan fingerprint density at radius 1 is 0.913 bits per heavy atom. The van der Waals surface area contributed by atoms with E-state index in [9.17, 15) is 4.79 Å². The van der Waals surface area contributed by atoms with Crippen molar-refractivity contribution in [2.24, 2.45) is 0 Å². The zero-order valence-corrected chi connectivity index (χ0v) is 12.5. The normalized spacial score (nSPS) is 10.5. The summed E-state index contributed by atoms with van der Waals surface area (Å²) in [5, 5.41) is 13.8. The lowest BCUT2D eigenvalue weighted by Gasteiger charge is -2.10. The van der Waals surface area contributed by atoms with Crippen LogP contribution in [0.3, 0.4) is 0 Å². The number of carbonyl (C=O) groups excluding carboxylic acids is 1. The minimum Gasteiger partial charge on any atom is -0.444 e. The number of hydrogen-bond donors (Lipinski definition) is 2. The number of amides is 1. The number of aliphatic hydroxyl groups is 1. The summed E-state index contributed by atoms with van der Waals surface area (Å²) in [6.45, 7) is 0.186. The molecule has 116 valence electrons. The Kier molecular flexibility index (Phi) is 4.54. The number of nitrogens with one attached hydrogen (secondary N) is 1. The molecule has 0 fully saturated rings. The second kappa shape index (κ2) is 6.94. The number of benzene rings is 3. The van der Waals surface area contributed by atoms with E-state index < -0.39 is 6.09 Å². The third-order valence-electron chi connectivity index (χ3n) is 3.60. The quantitative estimate of drug-likeness (QED) is 0.763. The average Bonchev–Trinajstić information content (AvgIpc) is 2.61. The van der Waals surface area contributed by atoms with E-state index in [1.54, 1.807) is 12.1 Å². The third-order valence-corrected chi connectivity index (χ3v) is 3.60. The van der Waals surface area contributed by atoms with Crippen molar-refractivity contribution in [3.63, 3.8) is 0 Å². The number of rotatable bonds is 4. The predicted molar refractivity (Wildman–Crippen MR) is 90.1 cm³/mol. The molecule has 4 nitrogen and oxygen atoms in total. The molecule has 4 heteroatoms. The number of hydrogen-bond acceptors (Lipinski definition) is 3. The van der Waals surface area contributed by atoms with Crippen LogP contribution in [0.4, 0.5) is 10.5 Å². The van der Waals surface area contributed by atoms with Crippen LogP contribution in [0.25, 0.3) is 10.8 Å². The third kappa shape index (κ3) is 3.67. The van der Waals surface area contributed by atoms with Crippen LogP contribution in [-0.4, -0.2) is 11.2 Å². The van der Waals surface area contributed by atoms with E-state index in [0.29, 0.717) is 0 Å². The Morgan fingerprint density at radius 3 is 2.39 bits per heavy atom. The van der Waals surface area contributed by atoms with Gasteiger partial charge in [-0.2, -0.15) is 0 Å². The summed E-state index contributed by atoms with van der Waals surface area (Å²) >= 11 is 0. The maximum absolute atomic E-state index is 12.0. The summed E-state index contributed by atoms with van der Waals surface area (Å²) in [5.41, 5.74) is 2.42. The van der Waals surface area contributed by atoms with Crippen molar-refractivity contribution in [2.75, 3.05) is 5.32 Å². The molecular weight excluding hydrogens is 290 g/mol. The summed E-state index contributed by atoms with van der Waals surface area (Å²) in [6, 6.07) is 20.9. The summed E-state index contributed by atoms with van der Waals surface area (Å²) in [7, 11) is 0. The molecule has 1 amide bonds. The number of anilines is 1. The van der Waals surface area contributed by atoms with Crippen LogP contribution in [0.5, 0.6) is 0 Å². The van der Waals surface area contributed by atoms with Crippen LogP contribution in [-0.2, 0) is 18.0 Å². The zero-order chi connectivity index (χ0) is 16.1. The van der Waals surface area contributed by atoms with Gasteiger partial charge in [0.15, 0.2) is 0 Å². The van der Waals surface area contributed by atoms with Gasteiger partial charge in [0.2, 0.25) is 0 Å². The maximum atomic E-state index is 12.0. The fourth-order valence-corrected chi connectivity index (χ4v) is 2.37. The van der Waals surface area contributed by atoms with E-state index in [1.165, 1.54) is 0 Å². The minimum absolute atomic E-state index is 0.00268. The van der Waals surface area contributed by atoms with Gasteiger partial charge in [-0.05, 0) is 22.6 Å². The van der Waals surface area contributed by atoms with E-state index in [4.69, 9.17) is 9.84 Å². The predicted octanol–water partition coefficient (Wildman–Crippen LogP) is 4.08. The van der Waals surface area contributed by atoms with Gasteiger partial charge < -0.3 is 9.84 Å². The molecule has 3 aromatic rings. The molecule has 0 aliphatic heterocycles. The summed E-state index contributed by atoms with van der Waals surface area (Å²) in [5.74, 6) is 0. The highest BCUT2D eigenvalue weighted by Crippen LogP contribution is 2.23. The Morgan fingerprint density at radius 2 is 1.61 bits per heavy atom. The van der Waals surface area contributed by atoms with Crippen molar-refractivity contribution in [3.8, 4) is 0 Å².